The first-order valence-electron chi connectivity index (χ1n) is 16.4. The number of alkyl halides is 1. The zero-order valence-corrected chi connectivity index (χ0v) is 30.7. The summed E-state index contributed by atoms with van der Waals surface area (Å²) in [5, 5.41) is 14.5. The molecule has 0 aliphatic heterocycles. The Labute approximate surface area is 300 Å². The van der Waals surface area contributed by atoms with Gasteiger partial charge in [0.15, 0.2) is 0 Å². The maximum Gasteiger partial charge on any atom is 0.407 e. The Kier molecular flexibility index (Phi) is 22.5. The quantitative estimate of drug-likeness (QED) is 0.0243. The maximum absolute atomic E-state index is 12.4. The molecule has 282 valence electrons. The fraction of sp³-hybridized carbons (Fsp3) is 0.636. The predicted molar refractivity (Wildman–Crippen MR) is 189 cm³/mol. The van der Waals surface area contributed by atoms with Crippen LogP contribution in [0.1, 0.15) is 58.4 Å². The zero-order chi connectivity index (χ0) is 37.3. The molecule has 1 aromatic carbocycles. The molecule has 0 spiro atoms. The summed E-state index contributed by atoms with van der Waals surface area (Å²) in [7, 11) is -4.13. The number of rotatable bonds is 25. The average Bonchev–Trinajstić information content (AvgIpc) is 3.04. The number of carbonyl (C=O) groups excluding carboxylic acids is 3. The highest BCUT2D eigenvalue weighted by atomic mass is 35.5. The fourth-order valence-electron chi connectivity index (χ4n) is 4.03. The predicted octanol–water partition coefficient (Wildman–Crippen LogP) is 4.30. The molecular formula is C33H51ClN4O11S. The number of alkyl carbamates (subject to hydrolysis) is 2. The van der Waals surface area contributed by atoms with Crippen molar-refractivity contribution in [2.24, 2.45) is 0 Å². The van der Waals surface area contributed by atoms with Gasteiger partial charge < -0.3 is 39.2 Å². The van der Waals surface area contributed by atoms with Crippen LogP contribution in [0.4, 0.5) is 15.3 Å². The highest BCUT2D eigenvalue weighted by molar-refractivity contribution is 7.85. The Morgan fingerprint density at radius 1 is 0.860 bits per heavy atom. The van der Waals surface area contributed by atoms with Crippen molar-refractivity contribution in [3.8, 4) is 6.07 Å². The van der Waals surface area contributed by atoms with E-state index < -0.39 is 39.6 Å². The topological polar surface area (TPSA) is 203 Å². The van der Waals surface area contributed by atoms with Crippen LogP contribution < -0.4 is 15.5 Å². The summed E-state index contributed by atoms with van der Waals surface area (Å²) in [6.45, 7) is 7.53. The molecule has 1 aromatic rings. The van der Waals surface area contributed by atoms with Gasteiger partial charge in [-0.15, -0.1) is 11.6 Å². The second-order valence-electron chi connectivity index (χ2n) is 11.8. The Bertz CT molecular complexity index is 1330. The van der Waals surface area contributed by atoms with Crippen LogP contribution in [0.5, 0.6) is 0 Å². The third kappa shape index (κ3) is 23.7. The standard InChI is InChI=1S/C33H51ClN4O11S/c1-33(2,3)49-30(39)28(26-35)25-27-9-11-29(12-10-27)38(16-20-47-31(40)36-14-8-24-50(42,43)44)17-21-48-32(41)37-15-19-46-23-22-45-18-7-5-4-6-13-34/h9-12,25H,4-8,13-24H2,1-3H3,(H,36,40)(H,37,41)(H,42,43,44)/b28-25+. The van der Waals surface area contributed by atoms with Crippen molar-refractivity contribution in [1.29, 1.82) is 5.26 Å². The van der Waals surface area contributed by atoms with Gasteiger partial charge in [-0.2, -0.15) is 13.7 Å². The molecule has 0 fully saturated rings. The molecule has 0 aliphatic carbocycles. The molecule has 0 aromatic heterocycles. The van der Waals surface area contributed by atoms with Gasteiger partial charge in [-0.05, 0) is 63.8 Å². The minimum absolute atomic E-state index is 0.00781. The lowest BCUT2D eigenvalue weighted by Gasteiger charge is -2.25. The summed E-state index contributed by atoms with van der Waals surface area (Å²) >= 11 is 5.66. The lowest BCUT2D eigenvalue weighted by molar-refractivity contribution is -0.149. The van der Waals surface area contributed by atoms with Crippen molar-refractivity contribution in [3.05, 3.63) is 35.4 Å². The van der Waals surface area contributed by atoms with Crippen molar-refractivity contribution >= 4 is 51.6 Å². The minimum Gasteiger partial charge on any atom is -0.456 e. The van der Waals surface area contributed by atoms with Crippen LogP contribution in [0.25, 0.3) is 6.08 Å². The summed E-state index contributed by atoms with van der Waals surface area (Å²) in [6.07, 6.45) is 4.19. The number of hydrogen-bond acceptors (Lipinski definition) is 12. The summed E-state index contributed by atoms with van der Waals surface area (Å²) in [4.78, 5) is 38.4. The van der Waals surface area contributed by atoms with Gasteiger partial charge in [0.25, 0.3) is 10.1 Å². The second kappa shape index (κ2) is 25.3. The van der Waals surface area contributed by atoms with Gasteiger partial charge in [-0.1, -0.05) is 25.0 Å². The van der Waals surface area contributed by atoms with E-state index in [0.29, 0.717) is 37.0 Å². The van der Waals surface area contributed by atoms with Gasteiger partial charge in [-0.25, -0.2) is 14.4 Å². The summed E-state index contributed by atoms with van der Waals surface area (Å²) in [6, 6.07) is 8.70. The van der Waals surface area contributed by atoms with E-state index in [1.165, 1.54) is 6.08 Å². The highest BCUT2D eigenvalue weighted by Gasteiger charge is 2.20. The first kappa shape index (κ1) is 44.4. The fourth-order valence-corrected chi connectivity index (χ4v) is 4.73. The number of anilines is 1. The van der Waals surface area contributed by atoms with Crippen molar-refractivity contribution in [1.82, 2.24) is 10.6 Å². The van der Waals surface area contributed by atoms with Crippen molar-refractivity contribution in [3.63, 3.8) is 0 Å². The van der Waals surface area contributed by atoms with E-state index in [1.54, 1.807) is 49.9 Å². The van der Waals surface area contributed by atoms with Crippen LogP contribution >= 0.6 is 11.6 Å². The maximum atomic E-state index is 12.4. The third-order valence-electron chi connectivity index (χ3n) is 6.41. The second-order valence-corrected chi connectivity index (χ2v) is 13.8. The molecule has 0 saturated carbocycles. The first-order chi connectivity index (χ1) is 23.7. The van der Waals surface area contributed by atoms with E-state index in [0.717, 1.165) is 25.7 Å². The SMILES string of the molecule is CC(C)(C)OC(=O)/C(C#N)=C/c1ccc(N(CCOC(=O)NCCCS(=O)(=O)O)CCOC(=O)NCCOCCOCCCCCCCl)cc1. The number of hydrogen-bond donors (Lipinski definition) is 3. The van der Waals surface area contributed by atoms with Crippen LogP contribution in [0, 0.1) is 11.3 Å². The van der Waals surface area contributed by atoms with E-state index in [1.807, 2.05) is 6.07 Å². The van der Waals surface area contributed by atoms with Crippen LogP contribution in [0.2, 0.25) is 0 Å². The number of amides is 2. The monoisotopic (exact) mass is 746 g/mol. The van der Waals surface area contributed by atoms with Gasteiger partial charge in [0, 0.05) is 31.3 Å². The van der Waals surface area contributed by atoms with Crippen molar-refractivity contribution < 1.29 is 51.0 Å². The molecule has 15 nitrogen and oxygen atoms in total. The lowest BCUT2D eigenvalue weighted by atomic mass is 10.1. The number of ether oxygens (including phenoxy) is 5. The van der Waals surface area contributed by atoms with Gasteiger partial charge in [-0.3, -0.25) is 4.55 Å². The first-order valence-corrected chi connectivity index (χ1v) is 18.6. The number of unbranched alkanes of at least 4 members (excludes halogenated alkanes) is 3. The van der Waals surface area contributed by atoms with E-state index in [2.05, 4.69) is 10.6 Å². The van der Waals surface area contributed by atoms with Crippen LogP contribution in [-0.4, -0.2) is 114 Å². The normalized spacial score (nSPS) is 11.7. The molecule has 17 heteroatoms. The molecule has 3 N–H and O–H groups in total. The van der Waals surface area contributed by atoms with Crippen LogP contribution in [-0.2, 0) is 38.6 Å². The lowest BCUT2D eigenvalue weighted by Crippen LogP contribution is -2.35. The number of carbonyl (C=O) groups is 3. The van der Waals surface area contributed by atoms with Crippen molar-refractivity contribution in [2.75, 3.05) is 82.4 Å². The molecule has 0 unspecified atom stereocenters. The molecule has 0 radical (unpaired) electrons. The Morgan fingerprint density at radius 2 is 1.44 bits per heavy atom. The Morgan fingerprint density at radius 3 is 2.00 bits per heavy atom. The summed E-state index contributed by atoms with van der Waals surface area (Å²) in [5.74, 6) is -0.554. The molecular weight excluding hydrogens is 696 g/mol. The molecule has 1 rings (SSSR count). The zero-order valence-electron chi connectivity index (χ0n) is 29.1. The Balaban J connectivity index is 2.64. The molecule has 0 heterocycles. The van der Waals surface area contributed by atoms with E-state index >= 15 is 0 Å². The van der Waals surface area contributed by atoms with Gasteiger partial charge in [0.05, 0.1) is 38.7 Å². The van der Waals surface area contributed by atoms with Crippen LogP contribution in [0.3, 0.4) is 0 Å². The van der Waals surface area contributed by atoms with Gasteiger partial charge in [0.2, 0.25) is 0 Å². The molecule has 0 saturated heterocycles. The number of nitrogens with one attached hydrogen (secondary N) is 2. The number of esters is 1. The smallest absolute Gasteiger partial charge is 0.407 e. The van der Waals surface area contributed by atoms with E-state index in [4.69, 9.17) is 39.8 Å². The van der Waals surface area contributed by atoms with E-state index in [9.17, 15) is 28.1 Å². The van der Waals surface area contributed by atoms with Gasteiger partial charge in [0.1, 0.15) is 30.5 Å². The number of nitriles is 1. The number of nitrogens with zero attached hydrogens (tertiary/aromatic N) is 2. The van der Waals surface area contributed by atoms with E-state index in [-0.39, 0.29) is 58.0 Å². The average molecular weight is 747 g/mol. The van der Waals surface area contributed by atoms with Gasteiger partial charge >= 0.3 is 18.2 Å². The third-order valence-corrected chi connectivity index (χ3v) is 7.48. The molecule has 0 bridgehead atoms. The molecule has 2 amide bonds. The number of benzene rings is 1. The Hall–Kier alpha value is -3.62. The highest BCUT2D eigenvalue weighted by Crippen LogP contribution is 2.18. The summed E-state index contributed by atoms with van der Waals surface area (Å²) < 4.78 is 57.2. The van der Waals surface area contributed by atoms with Crippen LogP contribution in [0.15, 0.2) is 29.8 Å². The number of halogens is 1. The molecule has 50 heavy (non-hydrogen) atoms. The molecule has 0 aliphatic rings. The summed E-state index contributed by atoms with van der Waals surface area (Å²) in [5.41, 5.74) is 0.315. The largest absolute Gasteiger partial charge is 0.456 e. The van der Waals surface area contributed by atoms with Crippen molar-refractivity contribution in [2.45, 2.75) is 58.5 Å². The molecule has 0 atom stereocenters. The minimum atomic E-state index is -4.13.